The summed E-state index contributed by atoms with van der Waals surface area (Å²) in [5.41, 5.74) is 0.908. The number of piperidine rings is 1. The second kappa shape index (κ2) is 6.78. The topological polar surface area (TPSA) is 15.3 Å². The van der Waals surface area contributed by atoms with Crippen LogP contribution in [0.2, 0.25) is 10.0 Å². The predicted molar refractivity (Wildman–Crippen MR) is 79.9 cm³/mol. The minimum atomic E-state index is -0.536. The summed E-state index contributed by atoms with van der Waals surface area (Å²) in [6.07, 6.45) is 3.34. The van der Waals surface area contributed by atoms with Crippen LogP contribution in [0.4, 0.5) is 10.1 Å². The predicted octanol–water partition coefficient (Wildman–Crippen LogP) is 4.10. The second-order valence-electron chi connectivity index (χ2n) is 4.94. The van der Waals surface area contributed by atoms with Crippen molar-refractivity contribution in [1.29, 1.82) is 0 Å². The number of nitrogens with one attached hydrogen (secondary N) is 1. The van der Waals surface area contributed by atoms with Gasteiger partial charge in [-0.2, -0.15) is 0 Å². The van der Waals surface area contributed by atoms with Gasteiger partial charge in [-0.25, -0.2) is 4.39 Å². The van der Waals surface area contributed by atoms with Gasteiger partial charge in [-0.05, 0) is 37.9 Å². The summed E-state index contributed by atoms with van der Waals surface area (Å²) in [6.45, 7) is 5.13. The van der Waals surface area contributed by atoms with Crippen molar-refractivity contribution in [3.63, 3.8) is 0 Å². The van der Waals surface area contributed by atoms with E-state index in [4.69, 9.17) is 23.2 Å². The Balaban J connectivity index is 1.98. The van der Waals surface area contributed by atoms with Crippen LogP contribution in [0.3, 0.4) is 0 Å². The van der Waals surface area contributed by atoms with Gasteiger partial charge in [0.2, 0.25) is 0 Å². The first kappa shape index (κ1) is 14.9. The molecule has 1 N–H and O–H groups in total. The monoisotopic (exact) mass is 304 g/mol. The molecular formula is C14H19Cl2FN2. The van der Waals surface area contributed by atoms with E-state index in [0.717, 1.165) is 44.6 Å². The Labute approximate surface area is 123 Å². The molecule has 1 heterocycles. The Hall–Kier alpha value is -0.510. The third-order valence-corrected chi connectivity index (χ3v) is 4.06. The molecule has 2 rings (SSSR count). The fraction of sp³-hybridized carbons (Fsp3) is 0.571. The molecule has 0 spiro atoms. The molecule has 0 amide bonds. The van der Waals surface area contributed by atoms with E-state index in [1.165, 1.54) is 0 Å². The largest absolute Gasteiger partial charge is 0.371 e. The summed E-state index contributed by atoms with van der Waals surface area (Å²) < 4.78 is 13.4. The highest BCUT2D eigenvalue weighted by molar-refractivity contribution is 6.35. The minimum Gasteiger partial charge on any atom is -0.371 e. The van der Waals surface area contributed by atoms with Crippen LogP contribution in [0.15, 0.2) is 12.1 Å². The molecule has 0 unspecified atom stereocenters. The smallest absolute Gasteiger partial charge is 0.160 e. The lowest BCUT2D eigenvalue weighted by atomic mass is 10.0. The third-order valence-electron chi connectivity index (χ3n) is 3.51. The van der Waals surface area contributed by atoms with Crippen LogP contribution in [-0.2, 0) is 0 Å². The molecule has 1 aromatic rings. The molecule has 106 valence electrons. The number of hydrogen-bond acceptors (Lipinski definition) is 2. The highest BCUT2D eigenvalue weighted by atomic mass is 35.5. The van der Waals surface area contributed by atoms with Gasteiger partial charge in [-0.1, -0.05) is 30.1 Å². The lowest BCUT2D eigenvalue weighted by Gasteiger charge is -2.34. The number of halogens is 3. The molecule has 5 heteroatoms. The quantitative estimate of drug-likeness (QED) is 0.843. The number of nitrogens with zero attached hydrogens (tertiary/aromatic N) is 1. The van der Waals surface area contributed by atoms with Crippen LogP contribution in [0.1, 0.15) is 26.2 Å². The van der Waals surface area contributed by atoms with Gasteiger partial charge in [0.05, 0.1) is 10.0 Å². The van der Waals surface area contributed by atoms with Crippen molar-refractivity contribution in [3.05, 3.63) is 28.0 Å². The van der Waals surface area contributed by atoms with Crippen LogP contribution < -0.4 is 10.2 Å². The summed E-state index contributed by atoms with van der Waals surface area (Å²) >= 11 is 11.7. The van der Waals surface area contributed by atoms with E-state index in [1.54, 1.807) is 12.1 Å². The maximum atomic E-state index is 13.4. The van der Waals surface area contributed by atoms with Crippen molar-refractivity contribution in [3.8, 4) is 0 Å². The van der Waals surface area contributed by atoms with Crippen molar-refractivity contribution in [2.75, 3.05) is 24.5 Å². The SMILES string of the molecule is CCCNC1CCN(c2cc(Cl)c(F)c(Cl)c2)CC1. The van der Waals surface area contributed by atoms with Crippen LogP contribution in [-0.4, -0.2) is 25.7 Å². The first-order chi connectivity index (χ1) is 9.11. The van der Waals surface area contributed by atoms with Gasteiger partial charge in [-0.3, -0.25) is 0 Å². The highest BCUT2D eigenvalue weighted by Gasteiger charge is 2.20. The van der Waals surface area contributed by atoms with Crippen LogP contribution >= 0.6 is 23.2 Å². The minimum absolute atomic E-state index is 0.0914. The van der Waals surface area contributed by atoms with Gasteiger partial charge >= 0.3 is 0 Å². The molecule has 1 fully saturated rings. The molecule has 2 nitrogen and oxygen atoms in total. The highest BCUT2D eigenvalue weighted by Crippen LogP contribution is 2.30. The van der Waals surface area contributed by atoms with Gasteiger partial charge in [0.15, 0.2) is 5.82 Å². The van der Waals surface area contributed by atoms with Gasteiger partial charge in [-0.15, -0.1) is 0 Å². The molecule has 0 bridgehead atoms. The number of anilines is 1. The first-order valence-electron chi connectivity index (χ1n) is 6.74. The lowest BCUT2D eigenvalue weighted by molar-refractivity contribution is 0.416. The van der Waals surface area contributed by atoms with Crippen molar-refractivity contribution in [2.24, 2.45) is 0 Å². The molecule has 0 radical (unpaired) electrons. The number of rotatable bonds is 4. The van der Waals surface area contributed by atoms with Crippen LogP contribution in [0, 0.1) is 5.82 Å². The molecule has 1 aromatic carbocycles. The molecule has 1 saturated heterocycles. The van der Waals surface area contributed by atoms with E-state index in [2.05, 4.69) is 17.1 Å². The normalized spacial score (nSPS) is 16.9. The van der Waals surface area contributed by atoms with Crippen LogP contribution in [0.5, 0.6) is 0 Å². The average Bonchev–Trinajstić information content (AvgIpc) is 2.42. The Morgan fingerprint density at radius 1 is 1.26 bits per heavy atom. The number of benzene rings is 1. The molecule has 0 aromatic heterocycles. The zero-order chi connectivity index (χ0) is 13.8. The summed E-state index contributed by atoms with van der Waals surface area (Å²) in [5.74, 6) is -0.536. The van der Waals surface area contributed by atoms with Gasteiger partial charge < -0.3 is 10.2 Å². The zero-order valence-electron chi connectivity index (χ0n) is 11.1. The van der Waals surface area contributed by atoms with Crippen LogP contribution in [0.25, 0.3) is 0 Å². The maximum absolute atomic E-state index is 13.4. The van der Waals surface area contributed by atoms with E-state index < -0.39 is 5.82 Å². The molecule has 0 aliphatic carbocycles. The summed E-state index contributed by atoms with van der Waals surface area (Å²) in [6, 6.07) is 3.90. The summed E-state index contributed by atoms with van der Waals surface area (Å²) in [4.78, 5) is 2.21. The zero-order valence-corrected chi connectivity index (χ0v) is 12.6. The van der Waals surface area contributed by atoms with Gasteiger partial charge in [0.25, 0.3) is 0 Å². The maximum Gasteiger partial charge on any atom is 0.160 e. The van der Waals surface area contributed by atoms with Crippen molar-refractivity contribution in [1.82, 2.24) is 5.32 Å². The van der Waals surface area contributed by atoms with Crippen molar-refractivity contribution in [2.45, 2.75) is 32.2 Å². The van der Waals surface area contributed by atoms with Crippen molar-refractivity contribution >= 4 is 28.9 Å². The Morgan fingerprint density at radius 2 is 1.84 bits per heavy atom. The van der Waals surface area contributed by atoms with E-state index in [1.807, 2.05) is 0 Å². The summed E-state index contributed by atoms with van der Waals surface area (Å²) in [7, 11) is 0. The van der Waals surface area contributed by atoms with E-state index in [9.17, 15) is 4.39 Å². The Bertz CT molecular complexity index is 408. The molecule has 19 heavy (non-hydrogen) atoms. The molecule has 1 aliphatic heterocycles. The Kier molecular flexibility index (Phi) is 5.31. The molecule has 1 aliphatic rings. The fourth-order valence-electron chi connectivity index (χ4n) is 2.41. The van der Waals surface area contributed by atoms with Gasteiger partial charge in [0, 0.05) is 24.8 Å². The molecule has 0 atom stereocenters. The fourth-order valence-corrected chi connectivity index (χ4v) is 2.89. The molecule has 0 saturated carbocycles. The standard InChI is InChI=1S/C14H19Cl2FN2/c1-2-5-18-10-3-6-19(7-4-10)11-8-12(15)14(17)13(16)9-11/h8-10,18H,2-7H2,1H3. The van der Waals surface area contributed by atoms with E-state index >= 15 is 0 Å². The molecular weight excluding hydrogens is 286 g/mol. The van der Waals surface area contributed by atoms with Crippen molar-refractivity contribution < 1.29 is 4.39 Å². The summed E-state index contributed by atoms with van der Waals surface area (Å²) in [5, 5.41) is 3.72. The number of hydrogen-bond donors (Lipinski definition) is 1. The lowest BCUT2D eigenvalue weighted by Crippen LogP contribution is -2.42. The van der Waals surface area contributed by atoms with E-state index in [0.29, 0.717) is 6.04 Å². The van der Waals surface area contributed by atoms with Gasteiger partial charge in [0.1, 0.15) is 0 Å². The third kappa shape index (κ3) is 3.74. The Morgan fingerprint density at radius 3 is 2.37 bits per heavy atom. The van der Waals surface area contributed by atoms with E-state index in [-0.39, 0.29) is 10.0 Å². The average molecular weight is 305 g/mol. The first-order valence-corrected chi connectivity index (χ1v) is 7.50. The second-order valence-corrected chi connectivity index (χ2v) is 5.75.